The highest BCUT2D eigenvalue weighted by atomic mass is 16.1. The van der Waals surface area contributed by atoms with E-state index < -0.39 is 0 Å². The number of anilines is 1. The molecule has 4 heteroatoms. The van der Waals surface area contributed by atoms with Gasteiger partial charge in [0.2, 0.25) is 0 Å². The normalized spacial score (nSPS) is 13.6. The van der Waals surface area contributed by atoms with Gasteiger partial charge in [-0.2, -0.15) is 0 Å². The smallest absolute Gasteiger partial charge is 0.190 e. The maximum atomic E-state index is 11.9. The molecular formula is C15H11N3O. The molecule has 2 heterocycles. The van der Waals surface area contributed by atoms with E-state index >= 15 is 0 Å². The molecule has 2 N–H and O–H groups in total. The molecule has 0 saturated heterocycles. The number of hydrogen-bond donors (Lipinski definition) is 1. The van der Waals surface area contributed by atoms with Crippen LogP contribution in [0.15, 0.2) is 30.3 Å². The summed E-state index contributed by atoms with van der Waals surface area (Å²) in [6.07, 6.45) is 3.25. The van der Waals surface area contributed by atoms with Crippen LogP contribution in [-0.2, 0) is 7.05 Å². The van der Waals surface area contributed by atoms with Crippen molar-refractivity contribution in [1.82, 2.24) is 9.55 Å². The van der Waals surface area contributed by atoms with Gasteiger partial charge in [0.1, 0.15) is 5.65 Å². The van der Waals surface area contributed by atoms with Crippen molar-refractivity contribution in [3.63, 3.8) is 0 Å². The van der Waals surface area contributed by atoms with Crippen LogP contribution < -0.4 is 5.73 Å². The molecule has 92 valence electrons. The predicted molar refractivity (Wildman–Crippen MR) is 76.0 cm³/mol. The molecule has 19 heavy (non-hydrogen) atoms. The summed E-state index contributed by atoms with van der Waals surface area (Å²) in [6.45, 7) is 0. The number of benzene rings is 1. The van der Waals surface area contributed by atoms with Crippen molar-refractivity contribution in [2.75, 3.05) is 5.73 Å². The van der Waals surface area contributed by atoms with E-state index in [-0.39, 0.29) is 5.78 Å². The van der Waals surface area contributed by atoms with Crippen LogP contribution in [0.5, 0.6) is 0 Å². The number of carbonyl (C=O) groups excluding carboxylic acids is 1. The number of carbonyl (C=O) groups is 1. The monoisotopic (exact) mass is 249 g/mol. The third-order valence-electron chi connectivity index (χ3n) is 3.74. The third kappa shape index (κ3) is 1.13. The molecule has 1 aliphatic rings. The second-order valence-corrected chi connectivity index (χ2v) is 4.76. The number of fused-ring (bicyclic) bond motifs is 4. The molecule has 0 unspecified atom stereocenters. The van der Waals surface area contributed by atoms with Crippen LogP contribution in [0.3, 0.4) is 0 Å². The van der Waals surface area contributed by atoms with Crippen LogP contribution >= 0.6 is 0 Å². The van der Waals surface area contributed by atoms with E-state index in [0.717, 1.165) is 21.9 Å². The number of rotatable bonds is 0. The number of nitrogen functional groups attached to an aromatic ring is 1. The summed E-state index contributed by atoms with van der Waals surface area (Å²) < 4.78 is 2.01. The predicted octanol–water partition coefficient (Wildman–Crippen LogP) is 2.52. The lowest BCUT2D eigenvalue weighted by molar-refractivity contribution is 0.105. The molecule has 4 rings (SSSR count). The van der Waals surface area contributed by atoms with Gasteiger partial charge in [0.25, 0.3) is 0 Å². The second kappa shape index (κ2) is 3.23. The Kier molecular flexibility index (Phi) is 1.75. The van der Waals surface area contributed by atoms with Crippen LogP contribution in [0.4, 0.5) is 5.69 Å². The highest BCUT2D eigenvalue weighted by molar-refractivity contribution is 6.23. The van der Waals surface area contributed by atoms with Gasteiger partial charge < -0.3 is 10.3 Å². The maximum Gasteiger partial charge on any atom is 0.190 e. The number of aromatic nitrogens is 2. The minimum Gasteiger partial charge on any atom is -0.397 e. The number of hydrogen-bond acceptors (Lipinski definition) is 3. The van der Waals surface area contributed by atoms with Gasteiger partial charge in [-0.1, -0.05) is 18.2 Å². The lowest BCUT2D eigenvalue weighted by atomic mass is 10.1. The molecule has 0 radical (unpaired) electrons. The molecule has 0 saturated carbocycles. The highest BCUT2D eigenvalue weighted by Gasteiger charge is 2.23. The van der Waals surface area contributed by atoms with Gasteiger partial charge in [-0.3, -0.25) is 4.79 Å². The van der Waals surface area contributed by atoms with Gasteiger partial charge in [0.15, 0.2) is 5.78 Å². The first kappa shape index (κ1) is 10.3. The molecule has 0 fully saturated rings. The lowest BCUT2D eigenvalue weighted by Gasteiger charge is -2.05. The maximum absolute atomic E-state index is 11.9. The average molecular weight is 249 g/mol. The molecule has 0 spiro atoms. The van der Waals surface area contributed by atoms with Gasteiger partial charge in [0, 0.05) is 12.4 Å². The number of allylic oxidation sites excluding steroid dienone is 1. The summed E-state index contributed by atoms with van der Waals surface area (Å²) in [7, 11) is 1.96. The lowest BCUT2D eigenvalue weighted by Crippen LogP contribution is -2.03. The van der Waals surface area contributed by atoms with Crippen molar-refractivity contribution in [2.45, 2.75) is 0 Å². The molecular weight excluding hydrogens is 238 g/mol. The van der Waals surface area contributed by atoms with Crippen molar-refractivity contribution in [1.29, 1.82) is 0 Å². The first-order chi connectivity index (χ1) is 9.18. The van der Waals surface area contributed by atoms with Crippen molar-refractivity contribution in [2.24, 2.45) is 7.05 Å². The molecule has 0 amide bonds. The molecule has 3 aromatic rings. The Labute approximate surface area is 109 Å². The van der Waals surface area contributed by atoms with E-state index in [1.165, 1.54) is 6.08 Å². The molecule has 1 aromatic carbocycles. The summed E-state index contributed by atoms with van der Waals surface area (Å²) in [4.78, 5) is 16.4. The Balaban J connectivity index is 2.32. The van der Waals surface area contributed by atoms with E-state index in [9.17, 15) is 4.79 Å². The van der Waals surface area contributed by atoms with Crippen LogP contribution in [0.1, 0.15) is 16.1 Å². The van der Waals surface area contributed by atoms with E-state index in [2.05, 4.69) is 4.98 Å². The fourth-order valence-corrected chi connectivity index (χ4v) is 2.83. The quantitative estimate of drug-likeness (QED) is 0.666. The van der Waals surface area contributed by atoms with Gasteiger partial charge in [-0.25, -0.2) is 4.98 Å². The Morgan fingerprint density at radius 2 is 2.00 bits per heavy atom. The number of pyridine rings is 1. The van der Waals surface area contributed by atoms with Crippen molar-refractivity contribution >= 4 is 39.5 Å². The Bertz CT molecular complexity index is 903. The Hall–Kier alpha value is -2.62. The van der Waals surface area contributed by atoms with Crippen molar-refractivity contribution in [3.8, 4) is 0 Å². The van der Waals surface area contributed by atoms with E-state index in [4.69, 9.17) is 5.73 Å². The number of nitrogens with two attached hydrogens (primary N) is 1. The van der Waals surface area contributed by atoms with Crippen molar-refractivity contribution in [3.05, 3.63) is 41.6 Å². The largest absolute Gasteiger partial charge is 0.397 e. The second-order valence-electron chi connectivity index (χ2n) is 4.76. The fourth-order valence-electron chi connectivity index (χ4n) is 2.83. The standard InChI is InChI=1S/C15H11N3O/c1-18-10-5-3-2-4-8(10)12-14(16)13-9(17-15(12)18)6-7-11(13)19/h2-7H,1H3,(H2,16,17). The van der Waals surface area contributed by atoms with Crippen LogP contribution in [0.25, 0.3) is 28.0 Å². The number of aryl methyl sites for hydroxylation is 1. The summed E-state index contributed by atoms with van der Waals surface area (Å²) in [6, 6.07) is 7.98. The number of para-hydroxylation sites is 1. The molecule has 0 aliphatic heterocycles. The van der Waals surface area contributed by atoms with Crippen LogP contribution in [0.2, 0.25) is 0 Å². The molecule has 0 atom stereocenters. The first-order valence-electron chi connectivity index (χ1n) is 6.07. The Morgan fingerprint density at radius 1 is 1.21 bits per heavy atom. The highest BCUT2D eigenvalue weighted by Crippen LogP contribution is 2.36. The average Bonchev–Trinajstić information content (AvgIpc) is 2.92. The summed E-state index contributed by atoms with van der Waals surface area (Å²) in [5.41, 5.74) is 9.84. The topological polar surface area (TPSA) is 60.9 Å². The van der Waals surface area contributed by atoms with Crippen molar-refractivity contribution < 1.29 is 4.79 Å². The fraction of sp³-hybridized carbons (Fsp3) is 0.0667. The molecule has 2 aromatic heterocycles. The van der Waals surface area contributed by atoms with E-state index in [1.807, 2.05) is 35.9 Å². The van der Waals surface area contributed by atoms with Gasteiger partial charge in [-0.15, -0.1) is 0 Å². The van der Waals surface area contributed by atoms with Gasteiger partial charge >= 0.3 is 0 Å². The zero-order chi connectivity index (χ0) is 13.1. The summed E-state index contributed by atoms with van der Waals surface area (Å²) in [5.74, 6) is -0.0603. The zero-order valence-electron chi connectivity index (χ0n) is 10.3. The SMILES string of the molecule is Cn1c2ccccc2c2c(N)c3c(nc21)C=CC3=O. The van der Waals surface area contributed by atoms with Crippen LogP contribution in [0, 0.1) is 0 Å². The van der Waals surface area contributed by atoms with Gasteiger partial charge in [-0.05, 0) is 18.2 Å². The summed E-state index contributed by atoms with van der Waals surface area (Å²) >= 11 is 0. The minimum atomic E-state index is -0.0603. The zero-order valence-corrected chi connectivity index (χ0v) is 10.3. The molecule has 1 aliphatic carbocycles. The van der Waals surface area contributed by atoms with Gasteiger partial charge in [0.05, 0.1) is 27.8 Å². The third-order valence-corrected chi connectivity index (χ3v) is 3.74. The van der Waals surface area contributed by atoms with E-state index in [0.29, 0.717) is 16.9 Å². The molecule has 4 nitrogen and oxygen atoms in total. The van der Waals surface area contributed by atoms with E-state index in [1.54, 1.807) is 6.08 Å². The Morgan fingerprint density at radius 3 is 2.84 bits per heavy atom. The first-order valence-corrected chi connectivity index (χ1v) is 6.07. The minimum absolute atomic E-state index is 0.0603. The molecule has 0 bridgehead atoms. The van der Waals surface area contributed by atoms with Crippen LogP contribution in [-0.4, -0.2) is 15.3 Å². The summed E-state index contributed by atoms with van der Waals surface area (Å²) in [5, 5.41) is 1.90. The number of nitrogens with zero attached hydrogens (tertiary/aromatic N) is 2. The number of ketones is 1.